The summed E-state index contributed by atoms with van der Waals surface area (Å²) in [5.74, 6) is 2.47. The summed E-state index contributed by atoms with van der Waals surface area (Å²) >= 11 is 0. The molecule has 2 aromatic carbocycles. The Morgan fingerprint density at radius 2 is 1.82 bits per heavy atom. The minimum atomic E-state index is 0. The van der Waals surface area contributed by atoms with Gasteiger partial charge in [0.2, 0.25) is 0 Å². The first-order valence-corrected chi connectivity index (χ1v) is 8.96. The molecule has 0 amide bonds. The number of aliphatic imine (C=N–C) groups is 1. The highest BCUT2D eigenvalue weighted by atomic mass is 127. The summed E-state index contributed by atoms with van der Waals surface area (Å²) in [5.41, 5.74) is 7.73. The van der Waals surface area contributed by atoms with E-state index in [2.05, 4.69) is 16.9 Å². The van der Waals surface area contributed by atoms with Crippen molar-refractivity contribution in [3.63, 3.8) is 0 Å². The molecule has 0 atom stereocenters. The second-order valence-electron chi connectivity index (χ2n) is 5.56. The van der Waals surface area contributed by atoms with Crippen LogP contribution in [0.3, 0.4) is 0 Å². The SMILES string of the molecule is C=CCOc1ccccc1CN=C(N)Nc1cc(OCC)ccc1OCC.I. The fourth-order valence-corrected chi connectivity index (χ4v) is 2.42. The van der Waals surface area contributed by atoms with Gasteiger partial charge in [-0.05, 0) is 32.0 Å². The normalized spacial score (nSPS) is 10.6. The first-order chi connectivity index (χ1) is 13.2. The molecule has 2 rings (SSSR count). The largest absolute Gasteiger partial charge is 0.494 e. The third-order valence-corrected chi connectivity index (χ3v) is 3.57. The van der Waals surface area contributed by atoms with E-state index in [0.717, 1.165) is 17.1 Å². The topological polar surface area (TPSA) is 78.1 Å². The van der Waals surface area contributed by atoms with Gasteiger partial charge in [0.1, 0.15) is 23.9 Å². The molecule has 0 aliphatic heterocycles. The van der Waals surface area contributed by atoms with Crippen molar-refractivity contribution in [3.05, 3.63) is 60.7 Å². The molecule has 0 unspecified atom stereocenters. The lowest BCUT2D eigenvalue weighted by Gasteiger charge is -2.14. The van der Waals surface area contributed by atoms with Crippen LogP contribution in [-0.2, 0) is 6.54 Å². The number of nitrogens with one attached hydrogen (secondary N) is 1. The van der Waals surface area contributed by atoms with Crippen molar-refractivity contribution in [3.8, 4) is 17.2 Å². The van der Waals surface area contributed by atoms with Crippen LogP contribution < -0.4 is 25.3 Å². The van der Waals surface area contributed by atoms with Crippen molar-refractivity contribution in [2.75, 3.05) is 25.1 Å². The van der Waals surface area contributed by atoms with Crippen LogP contribution in [0.5, 0.6) is 17.2 Å². The van der Waals surface area contributed by atoms with Gasteiger partial charge in [-0.1, -0.05) is 30.9 Å². The highest BCUT2D eigenvalue weighted by molar-refractivity contribution is 14.0. The first-order valence-electron chi connectivity index (χ1n) is 8.96. The van der Waals surface area contributed by atoms with E-state index in [9.17, 15) is 0 Å². The van der Waals surface area contributed by atoms with Crippen molar-refractivity contribution < 1.29 is 14.2 Å². The summed E-state index contributed by atoms with van der Waals surface area (Å²) < 4.78 is 16.8. The zero-order valence-corrected chi connectivity index (χ0v) is 18.6. The zero-order chi connectivity index (χ0) is 19.5. The van der Waals surface area contributed by atoms with Crippen LogP contribution in [0.25, 0.3) is 0 Å². The second-order valence-corrected chi connectivity index (χ2v) is 5.56. The van der Waals surface area contributed by atoms with E-state index in [4.69, 9.17) is 19.9 Å². The Bertz CT molecular complexity index is 781. The molecule has 0 aliphatic rings. The van der Waals surface area contributed by atoms with Crippen molar-refractivity contribution >= 4 is 35.6 Å². The Kier molecular flexibility index (Phi) is 10.9. The van der Waals surface area contributed by atoms with E-state index in [0.29, 0.717) is 37.8 Å². The summed E-state index contributed by atoms with van der Waals surface area (Å²) in [7, 11) is 0. The average Bonchev–Trinajstić information content (AvgIpc) is 2.67. The van der Waals surface area contributed by atoms with Gasteiger partial charge >= 0.3 is 0 Å². The summed E-state index contributed by atoms with van der Waals surface area (Å²) in [4.78, 5) is 4.42. The molecule has 0 radical (unpaired) electrons. The van der Waals surface area contributed by atoms with Crippen molar-refractivity contribution in [2.24, 2.45) is 10.7 Å². The van der Waals surface area contributed by atoms with E-state index in [-0.39, 0.29) is 29.9 Å². The van der Waals surface area contributed by atoms with Gasteiger partial charge in [0, 0.05) is 11.6 Å². The van der Waals surface area contributed by atoms with E-state index in [1.165, 1.54) is 0 Å². The van der Waals surface area contributed by atoms with Crippen LogP contribution in [0.1, 0.15) is 19.4 Å². The van der Waals surface area contributed by atoms with Gasteiger partial charge in [-0.2, -0.15) is 0 Å². The molecule has 152 valence electrons. The lowest BCUT2D eigenvalue weighted by molar-refractivity contribution is 0.332. The summed E-state index contributed by atoms with van der Waals surface area (Å²) in [6.45, 7) is 9.49. The third kappa shape index (κ3) is 7.30. The number of rotatable bonds is 10. The quantitative estimate of drug-likeness (QED) is 0.217. The molecule has 0 bridgehead atoms. The summed E-state index contributed by atoms with van der Waals surface area (Å²) in [6, 6.07) is 13.3. The Hall–Kier alpha value is -2.42. The second kappa shape index (κ2) is 12.9. The van der Waals surface area contributed by atoms with Crippen LogP contribution in [0.2, 0.25) is 0 Å². The van der Waals surface area contributed by atoms with Gasteiger partial charge < -0.3 is 25.3 Å². The standard InChI is InChI=1S/C21H27N3O3.HI/c1-4-13-27-19-10-8-7-9-16(19)15-23-21(22)24-18-14-17(25-5-2)11-12-20(18)26-6-3;/h4,7-12,14H,1,5-6,13,15H2,2-3H3,(H3,22,23,24);1H. The van der Waals surface area contributed by atoms with Gasteiger partial charge in [-0.15, -0.1) is 24.0 Å². The number of halogens is 1. The van der Waals surface area contributed by atoms with Gasteiger partial charge in [0.15, 0.2) is 5.96 Å². The van der Waals surface area contributed by atoms with Gasteiger partial charge in [-0.25, -0.2) is 4.99 Å². The van der Waals surface area contributed by atoms with Crippen molar-refractivity contribution in [1.29, 1.82) is 0 Å². The number of anilines is 1. The molecule has 7 heteroatoms. The minimum Gasteiger partial charge on any atom is -0.494 e. The minimum absolute atomic E-state index is 0. The molecular weight excluding hydrogens is 469 g/mol. The lowest BCUT2D eigenvalue weighted by atomic mass is 10.2. The van der Waals surface area contributed by atoms with Crippen LogP contribution >= 0.6 is 24.0 Å². The maximum atomic E-state index is 6.08. The molecule has 0 spiro atoms. The number of benzene rings is 2. The molecule has 0 heterocycles. The molecule has 28 heavy (non-hydrogen) atoms. The lowest BCUT2D eigenvalue weighted by Crippen LogP contribution is -2.23. The molecule has 0 fully saturated rings. The molecule has 0 aromatic heterocycles. The van der Waals surface area contributed by atoms with Crippen LogP contribution in [0.15, 0.2) is 60.1 Å². The van der Waals surface area contributed by atoms with Crippen LogP contribution in [0.4, 0.5) is 5.69 Å². The number of nitrogens with two attached hydrogens (primary N) is 1. The molecule has 2 aromatic rings. The highest BCUT2D eigenvalue weighted by Gasteiger charge is 2.08. The molecule has 0 saturated heterocycles. The Morgan fingerprint density at radius 1 is 1.07 bits per heavy atom. The molecule has 3 N–H and O–H groups in total. The fourth-order valence-electron chi connectivity index (χ4n) is 2.42. The van der Waals surface area contributed by atoms with Gasteiger partial charge in [0.05, 0.1) is 25.4 Å². The predicted molar refractivity (Wildman–Crippen MR) is 125 cm³/mol. The van der Waals surface area contributed by atoms with Crippen LogP contribution in [0, 0.1) is 0 Å². The molecule has 0 aliphatic carbocycles. The number of ether oxygens (including phenoxy) is 3. The first kappa shape index (κ1) is 23.6. The van der Waals surface area contributed by atoms with E-state index < -0.39 is 0 Å². The molecule has 6 nitrogen and oxygen atoms in total. The average molecular weight is 497 g/mol. The number of guanidine groups is 1. The third-order valence-electron chi connectivity index (χ3n) is 3.57. The van der Waals surface area contributed by atoms with Crippen LogP contribution in [-0.4, -0.2) is 25.8 Å². The number of nitrogens with zero attached hydrogens (tertiary/aromatic N) is 1. The summed E-state index contributed by atoms with van der Waals surface area (Å²) in [5, 5.41) is 3.09. The summed E-state index contributed by atoms with van der Waals surface area (Å²) in [6.07, 6.45) is 1.70. The van der Waals surface area contributed by atoms with Gasteiger partial charge in [0.25, 0.3) is 0 Å². The van der Waals surface area contributed by atoms with E-state index >= 15 is 0 Å². The molecular formula is C21H28IN3O3. The van der Waals surface area contributed by atoms with Crippen molar-refractivity contribution in [2.45, 2.75) is 20.4 Å². The molecule has 0 saturated carbocycles. The zero-order valence-electron chi connectivity index (χ0n) is 16.3. The van der Waals surface area contributed by atoms with Crippen molar-refractivity contribution in [1.82, 2.24) is 0 Å². The predicted octanol–water partition coefficient (Wildman–Crippen LogP) is 4.59. The Labute approximate surface area is 183 Å². The maximum Gasteiger partial charge on any atom is 0.193 e. The number of hydrogen-bond donors (Lipinski definition) is 2. The monoisotopic (exact) mass is 497 g/mol. The number of para-hydroxylation sites is 1. The van der Waals surface area contributed by atoms with Gasteiger partial charge in [-0.3, -0.25) is 0 Å². The fraction of sp³-hybridized carbons (Fsp3) is 0.286. The highest BCUT2D eigenvalue weighted by Crippen LogP contribution is 2.29. The van der Waals surface area contributed by atoms with E-state index in [1.54, 1.807) is 6.08 Å². The van der Waals surface area contributed by atoms with E-state index in [1.807, 2.05) is 56.3 Å². The number of hydrogen-bond acceptors (Lipinski definition) is 4. The Balaban J connectivity index is 0.00000392. The Morgan fingerprint density at radius 3 is 2.54 bits per heavy atom. The maximum absolute atomic E-state index is 6.08. The smallest absolute Gasteiger partial charge is 0.193 e.